The standard InChI is InChI=1S/C18H27NO3/c1-14(2)8-11-22-17-6-9-19(10-7-17)13-15-4-3-5-16(12-15)18(20)21/h3-5,12,14,17H,6-11,13H2,1-2H3,(H,20,21). The third kappa shape index (κ3) is 5.43. The Morgan fingerprint density at radius 1 is 1.36 bits per heavy atom. The van der Waals surface area contributed by atoms with Crippen molar-refractivity contribution in [3.63, 3.8) is 0 Å². The third-order valence-corrected chi connectivity index (χ3v) is 4.16. The maximum atomic E-state index is 11.0. The molecule has 2 rings (SSSR count). The van der Waals surface area contributed by atoms with Crippen LogP contribution in [-0.2, 0) is 11.3 Å². The van der Waals surface area contributed by atoms with Gasteiger partial charge in [-0.15, -0.1) is 0 Å². The minimum atomic E-state index is -0.862. The van der Waals surface area contributed by atoms with E-state index in [1.165, 1.54) is 0 Å². The summed E-state index contributed by atoms with van der Waals surface area (Å²) in [5.74, 6) is -0.166. The van der Waals surface area contributed by atoms with E-state index < -0.39 is 5.97 Å². The van der Waals surface area contributed by atoms with Crippen LogP contribution in [0.2, 0.25) is 0 Å². The van der Waals surface area contributed by atoms with Gasteiger partial charge >= 0.3 is 5.97 Å². The topological polar surface area (TPSA) is 49.8 Å². The molecule has 1 heterocycles. The first kappa shape index (κ1) is 17.0. The molecule has 1 aliphatic heterocycles. The van der Waals surface area contributed by atoms with Crippen molar-refractivity contribution in [3.8, 4) is 0 Å². The molecule has 1 aromatic carbocycles. The molecule has 0 aliphatic carbocycles. The smallest absolute Gasteiger partial charge is 0.335 e. The largest absolute Gasteiger partial charge is 0.478 e. The maximum absolute atomic E-state index is 11.0. The molecule has 0 bridgehead atoms. The van der Waals surface area contributed by atoms with Gasteiger partial charge in [0.2, 0.25) is 0 Å². The second-order valence-electron chi connectivity index (χ2n) is 6.53. The Morgan fingerprint density at radius 3 is 2.73 bits per heavy atom. The van der Waals surface area contributed by atoms with Crippen molar-refractivity contribution in [1.29, 1.82) is 0 Å². The van der Waals surface area contributed by atoms with Gasteiger partial charge in [-0.05, 0) is 42.9 Å². The number of carboxylic acids is 1. The Balaban J connectivity index is 1.75. The molecule has 0 unspecified atom stereocenters. The van der Waals surface area contributed by atoms with Gasteiger partial charge in [-0.25, -0.2) is 4.79 Å². The Hall–Kier alpha value is -1.39. The van der Waals surface area contributed by atoms with Crippen molar-refractivity contribution in [3.05, 3.63) is 35.4 Å². The molecule has 122 valence electrons. The zero-order valence-electron chi connectivity index (χ0n) is 13.6. The summed E-state index contributed by atoms with van der Waals surface area (Å²) in [7, 11) is 0. The highest BCUT2D eigenvalue weighted by molar-refractivity contribution is 5.87. The average Bonchev–Trinajstić information content (AvgIpc) is 2.49. The fourth-order valence-electron chi connectivity index (χ4n) is 2.77. The third-order valence-electron chi connectivity index (χ3n) is 4.16. The number of nitrogens with zero attached hydrogens (tertiary/aromatic N) is 1. The SMILES string of the molecule is CC(C)CCOC1CCN(Cc2cccc(C(=O)O)c2)CC1. The number of rotatable bonds is 7. The minimum absolute atomic E-state index is 0.365. The molecule has 1 aliphatic rings. The molecular weight excluding hydrogens is 278 g/mol. The molecule has 1 aromatic rings. The Labute approximate surface area is 133 Å². The summed E-state index contributed by atoms with van der Waals surface area (Å²) < 4.78 is 5.94. The van der Waals surface area contributed by atoms with Crippen molar-refractivity contribution < 1.29 is 14.6 Å². The van der Waals surface area contributed by atoms with E-state index in [2.05, 4.69) is 18.7 Å². The van der Waals surface area contributed by atoms with Gasteiger partial charge in [0.05, 0.1) is 11.7 Å². The Kier molecular flexibility index (Phi) is 6.40. The van der Waals surface area contributed by atoms with Crippen LogP contribution in [0.1, 0.15) is 49.0 Å². The normalized spacial score (nSPS) is 17.0. The molecule has 4 heteroatoms. The van der Waals surface area contributed by atoms with E-state index in [4.69, 9.17) is 9.84 Å². The quantitative estimate of drug-likeness (QED) is 0.838. The lowest BCUT2D eigenvalue weighted by molar-refractivity contribution is 0.00170. The van der Waals surface area contributed by atoms with Crippen LogP contribution in [0.3, 0.4) is 0 Å². The second-order valence-corrected chi connectivity index (χ2v) is 6.53. The number of piperidine rings is 1. The highest BCUT2D eigenvalue weighted by atomic mass is 16.5. The van der Waals surface area contributed by atoms with Gasteiger partial charge in [0.25, 0.3) is 0 Å². The van der Waals surface area contributed by atoms with Gasteiger partial charge in [0, 0.05) is 26.2 Å². The van der Waals surface area contributed by atoms with E-state index in [9.17, 15) is 4.79 Å². The molecule has 4 nitrogen and oxygen atoms in total. The molecule has 0 spiro atoms. The van der Waals surface area contributed by atoms with Crippen molar-refractivity contribution in [1.82, 2.24) is 4.90 Å². The summed E-state index contributed by atoms with van der Waals surface area (Å²) in [6.45, 7) is 8.16. The average molecular weight is 305 g/mol. The number of carbonyl (C=O) groups is 1. The molecule has 1 fully saturated rings. The molecule has 0 radical (unpaired) electrons. The molecule has 0 aromatic heterocycles. The summed E-state index contributed by atoms with van der Waals surface area (Å²) in [6.07, 6.45) is 3.65. The summed E-state index contributed by atoms with van der Waals surface area (Å²) in [6, 6.07) is 7.23. The van der Waals surface area contributed by atoms with Crippen LogP contribution in [0.5, 0.6) is 0 Å². The van der Waals surface area contributed by atoms with Crippen LogP contribution < -0.4 is 0 Å². The first-order valence-corrected chi connectivity index (χ1v) is 8.21. The second kappa shape index (κ2) is 8.30. The molecule has 0 saturated carbocycles. The highest BCUT2D eigenvalue weighted by Gasteiger charge is 2.19. The zero-order chi connectivity index (χ0) is 15.9. The molecule has 1 N–H and O–H groups in total. The predicted molar refractivity (Wildman–Crippen MR) is 87.1 cm³/mol. The number of benzene rings is 1. The van der Waals surface area contributed by atoms with Crippen LogP contribution >= 0.6 is 0 Å². The van der Waals surface area contributed by atoms with E-state index in [0.717, 1.165) is 51.1 Å². The predicted octanol–water partition coefficient (Wildman–Crippen LogP) is 3.41. The first-order chi connectivity index (χ1) is 10.5. The van der Waals surface area contributed by atoms with E-state index in [0.29, 0.717) is 17.6 Å². The van der Waals surface area contributed by atoms with Gasteiger partial charge < -0.3 is 9.84 Å². The van der Waals surface area contributed by atoms with Gasteiger partial charge in [0.15, 0.2) is 0 Å². The fraction of sp³-hybridized carbons (Fsp3) is 0.611. The molecule has 22 heavy (non-hydrogen) atoms. The number of ether oxygens (including phenoxy) is 1. The van der Waals surface area contributed by atoms with E-state index in [-0.39, 0.29) is 0 Å². The van der Waals surface area contributed by atoms with Gasteiger partial charge in [-0.3, -0.25) is 4.90 Å². The van der Waals surface area contributed by atoms with Crippen molar-refractivity contribution in [2.75, 3.05) is 19.7 Å². The first-order valence-electron chi connectivity index (χ1n) is 8.21. The number of hydrogen-bond acceptors (Lipinski definition) is 3. The lowest BCUT2D eigenvalue weighted by atomic mass is 10.1. The van der Waals surface area contributed by atoms with Crippen LogP contribution in [0.25, 0.3) is 0 Å². The molecule has 0 atom stereocenters. The van der Waals surface area contributed by atoms with Crippen LogP contribution in [0.15, 0.2) is 24.3 Å². The lowest BCUT2D eigenvalue weighted by Gasteiger charge is -2.32. The van der Waals surface area contributed by atoms with E-state index in [1.54, 1.807) is 12.1 Å². The zero-order valence-corrected chi connectivity index (χ0v) is 13.6. The molecular formula is C18H27NO3. The Bertz CT molecular complexity index is 479. The summed E-state index contributed by atoms with van der Waals surface area (Å²) in [5, 5.41) is 9.04. The molecule has 0 amide bonds. The number of hydrogen-bond donors (Lipinski definition) is 1. The van der Waals surface area contributed by atoms with Crippen molar-refractivity contribution in [2.45, 2.75) is 45.8 Å². The van der Waals surface area contributed by atoms with Crippen LogP contribution in [0, 0.1) is 5.92 Å². The van der Waals surface area contributed by atoms with Crippen LogP contribution in [-0.4, -0.2) is 41.8 Å². The maximum Gasteiger partial charge on any atom is 0.335 e. The summed E-state index contributed by atoms with van der Waals surface area (Å²) in [5.41, 5.74) is 1.43. The highest BCUT2D eigenvalue weighted by Crippen LogP contribution is 2.17. The fourth-order valence-corrected chi connectivity index (χ4v) is 2.77. The van der Waals surface area contributed by atoms with Gasteiger partial charge in [0.1, 0.15) is 0 Å². The van der Waals surface area contributed by atoms with Crippen molar-refractivity contribution >= 4 is 5.97 Å². The summed E-state index contributed by atoms with van der Waals surface area (Å²) in [4.78, 5) is 13.4. The Morgan fingerprint density at radius 2 is 2.09 bits per heavy atom. The summed E-state index contributed by atoms with van der Waals surface area (Å²) >= 11 is 0. The number of aromatic carboxylic acids is 1. The van der Waals surface area contributed by atoms with Gasteiger partial charge in [-0.1, -0.05) is 26.0 Å². The van der Waals surface area contributed by atoms with Gasteiger partial charge in [-0.2, -0.15) is 0 Å². The monoisotopic (exact) mass is 305 g/mol. The lowest BCUT2D eigenvalue weighted by Crippen LogP contribution is -2.36. The van der Waals surface area contributed by atoms with Crippen LogP contribution in [0.4, 0.5) is 0 Å². The molecule has 1 saturated heterocycles. The number of likely N-dealkylation sites (tertiary alicyclic amines) is 1. The van der Waals surface area contributed by atoms with E-state index in [1.807, 2.05) is 12.1 Å². The van der Waals surface area contributed by atoms with E-state index >= 15 is 0 Å². The minimum Gasteiger partial charge on any atom is -0.478 e. The van der Waals surface area contributed by atoms with Crippen molar-refractivity contribution in [2.24, 2.45) is 5.92 Å². The number of carboxylic acid groups (broad SMARTS) is 1.